The third-order valence-corrected chi connectivity index (χ3v) is 8.90. The van der Waals surface area contributed by atoms with E-state index in [-0.39, 0.29) is 23.5 Å². The second-order valence-corrected chi connectivity index (χ2v) is 12.5. The molecule has 0 aromatic carbocycles. The summed E-state index contributed by atoms with van der Waals surface area (Å²) in [5, 5.41) is 3.50. The van der Waals surface area contributed by atoms with Crippen molar-refractivity contribution in [1.82, 2.24) is 14.5 Å². The van der Waals surface area contributed by atoms with Crippen molar-refractivity contribution in [2.45, 2.75) is 37.8 Å². The molecule has 21 nitrogen and oxygen atoms in total. The Bertz CT molecular complexity index is 1540. The summed E-state index contributed by atoms with van der Waals surface area (Å²) in [5.41, 5.74) is 13.3. The number of phosphoric ester groups is 1. The smallest absolute Gasteiger partial charge is 0.456 e. The number of phosphoric acid groups is 3. The van der Waals surface area contributed by atoms with Crippen molar-refractivity contribution in [1.29, 1.82) is 0 Å². The van der Waals surface area contributed by atoms with Gasteiger partial charge in [-0.15, -0.1) is 0 Å². The first-order chi connectivity index (χ1) is 19.0. The van der Waals surface area contributed by atoms with Gasteiger partial charge in [0, 0.05) is 23.7 Å². The first kappa shape index (κ1) is 32.5. The van der Waals surface area contributed by atoms with Gasteiger partial charge in [0.25, 0.3) is 0 Å². The highest BCUT2D eigenvalue weighted by molar-refractivity contribution is 7.66. The van der Waals surface area contributed by atoms with Gasteiger partial charge >= 0.3 is 35.1 Å². The van der Waals surface area contributed by atoms with E-state index in [1.807, 2.05) is 0 Å². The normalized spacial score (nSPS) is 22.6. The summed E-state index contributed by atoms with van der Waals surface area (Å²) >= 11 is 0. The van der Waals surface area contributed by atoms with Crippen molar-refractivity contribution in [3.8, 4) is 0 Å². The van der Waals surface area contributed by atoms with E-state index in [2.05, 4.69) is 33.1 Å². The third-order valence-electron chi connectivity index (χ3n) is 5.10. The van der Waals surface area contributed by atoms with Crippen molar-refractivity contribution < 1.29 is 60.7 Å². The second-order valence-electron chi connectivity index (χ2n) is 8.05. The molecule has 1 aliphatic heterocycles. The summed E-state index contributed by atoms with van der Waals surface area (Å²) in [6, 6.07) is 3.13. The zero-order valence-corrected chi connectivity index (χ0v) is 23.3. The van der Waals surface area contributed by atoms with Gasteiger partial charge in [-0.2, -0.15) is 13.6 Å². The molecule has 1 aliphatic rings. The van der Waals surface area contributed by atoms with Crippen molar-refractivity contribution in [3.05, 3.63) is 62.8 Å². The second kappa shape index (κ2) is 12.9. The molecule has 0 radical (unpaired) electrons. The molecule has 6 N–H and O–H groups in total. The molecule has 0 amide bonds. The van der Waals surface area contributed by atoms with Crippen LogP contribution in [0.15, 0.2) is 40.5 Å². The van der Waals surface area contributed by atoms with Crippen molar-refractivity contribution in [2.75, 3.05) is 12.3 Å². The molecule has 3 rings (SSSR count). The number of hydrogen-bond donors (Lipinski definition) is 5. The zero-order chi connectivity index (χ0) is 30.6. The summed E-state index contributed by atoms with van der Waals surface area (Å²) < 4.78 is 58.7. The number of aromatic nitrogens is 3. The Balaban J connectivity index is 1.84. The van der Waals surface area contributed by atoms with Crippen LogP contribution in [0.3, 0.4) is 0 Å². The maximum Gasteiger partial charge on any atom is 0.490 e. The van der Waals surface area contributed by atoms with Gasteiger partial charge in [0.1, 0.15) is 24.3 Å². The van der Waals surface area contributed by atoms with Crippen molar-refractivity contribution >= 4 is 35.3 Å². The number of carbonyl (C=O) groups is 1. The van der Waals surface area contributed by atoms with Crippen LogP contribution in [-0.2, 0) is 36.3 Å². The maximum absolute atomic E-state index is 13.1. The molecule has 4 unspecified atom stereocenters. The molecule has 0 aliphatic carbocycles. The van der Waals surface area contributed by atoms with E-state index in [0.29, 0.717) is 0 Å². The summed E-state index contributed by atoms with van der Waals surface area (Å²) in [4.78, 5) is 72.1. The number of nitrogens with two attached hydrogens (primary N) is 1. The van der Waals surface area contributed by atoms with Crippen LogP contribution in [0.1, 0.15) is 41.7 Å². The van der Waals surface area contributed by atoms with Crippen LogP contribution in [0.4, 0.5) is 5.82 Å². The fourth-order valence-electron chi connectivity index (χ4n) is 3.52. The number of azide groups is 1. The number of hydrogen-bond acceptors (Lipinski definition) is 14. The Kier molecular flexibility index (Phi) is 10.2. The average molecular weight is 641 g/mol. The largest absolute Gasteiger partial charge is 0.490 e. The van der Waals surface area contributed by atoms with E-state index < -0.39 is 66.2 Å². The van der Waals surface area contributed by atoms with E-state index in [9.17, 15) is 33.1 Å². The Morgan fingerprint density at radius 2 is 1.98 bits per heavy atom. The zero-order valence-electron chi connectivity index (χ0n) is 20.6. The highest BCUT2D eigenvalue weighted by atomic mass is 31.3. The Hall–Kier alpha value is -3.02. The van der Waals surface area contributed by atoms with Crippen LogP contribution in [0.5, 0.6) is 0 Å². The van der Waals surface area contributed by atoms with Gasteiger partial charge in [0.05, 0.1) is 23.9 Å². The van der Waals surface area contributed by atoms with Crippen LogP contribution in [0.25, 0.3) is 10.4 Å². The molecule has 2 aromatic heterocycles. The molecule has 0 bridgehead atoms. The van der Waals surface area contributed by atoms with Crippen LogP contribution < -0.4 is 11.4 Å². The number of nitrogens with zero attached hydrogens (tertiary/aromatic N) is 6. The van der Waals surface area contributed by atoms with Gasteiger partial charge in [-0.25, -0.2) is 23.3 Å². The minimum absolute atomic E-state index is 0.0644. The van der Waals surface area contributed by atoms with E-state index in [4.69, 9.17) is 30.5 Å². The molecule has 1 saturated heterocycles. The van der Waals surface area contributed by atoms with E-state index in [1.165, 1.54) is 37.5 Å². The minimum Gasteiger partial charge on any atom is -0.456 e. The predicted octanol–water partition coefficient (Wildman–Crippen LogP) is 1.45. The average Bonchev–Trinajstić information content (AvgIpc) is 3.22. The lowest BCUT2D eigenvalue weighted by Crippen LogP contribution is -2.31. The number of anilines is 1. The van der Waals surface area contributed by atoms with E-state index in [1.54, 1.807) is 0 Å². The molecule has 24 heteroatoms. The van der Waals surface area contributed by atoms with Crippen molar-refractivity contribution in [3.63, 3.8) is 0 Å². The minimum atomic E-state index is -5.80. The maximum atomic E-state index is 13.1. The van der Waals surface area contributed by atoms with Gasteiger partial charge in [-0.3, -0.25) is 14.1 Å². The number of esters is 1. The fourth-order valence-corrected chi connectivity index (χ4v) is 6.55. The summed E-state index contributed by atoms with van der Waals surface area (Å²) in [6.45, 7) is 0.490. The fraction of sp³-hybridized carbons (Fsp3) is 0.412. The highest BCUT2D eigenvalue weighted by Gasteiger charge is 2.44. The first-order valence-electron chi connectivity index (χ1n) is 11.0. The highest BCUT2D eigenvalue weighted by Crippen LogP contribution is 2.66. The van der Waals surface area contributed by atoms with Gasteiger partial charge in [0.2, 0.25) is 0 Å². The molecule has 3 heterocycles. The van der Waals surface area contributed by atoms with Gasteiger partial charge in [-0.1, -0.05) is 12.0 Å². The number of rotatable bonds is 12. The quantitative estimate of drug-likeness (QED) is 0.0719. The Morgan fingerprint density at radius 1 is 1.27 bits per heavy atom. The molecule has 2 aromatic rings. The first-order valence-corrected chi connectivity index (χ1v) is 15.5. The summed E-state index contributed by atoms with van der Waals surface area (Å²) in [6.07, 6.45) is -1.61. The molecule has 224 valence electrons. The SMILES string of the molecule is CC(N=[N+]=[N-])c1ncccc1C(=O)OC1C[C@H](n2ccc(N)nc2=O)O[C@@H]1COP(=O)(O)OP(=O)(O)OP(=O)(O)O. The monoisotopic (exact) mass is 641 g/mol. The number of nitrogen functional groups attached to an aromatic ring is 1. The van der Waals surface area contributed by atoms with Gasteiger partial charge in [0.15, 0.2) is 0 Å². The number of ether oxygens (including phenoxy) is 2. The molecule has 41 heavy (non-hydrogen) atoms. The lowest BCUT2D eigenvalue weighted by molar-refractivity contribution is -0.0511. The van der Waals surface area contributed by atoms with Crippen molar-refractivity contribution in [2.24, 2.45) is 5.11 Å². The van der Waals surface area contributed by atoms with Crippen LogP contribution >= 0.6 is 23.5 Å². The van der Waals surface area contributed by atoms with E-state index >= 15 is 0 Å². The van der Waals surface area contributed by atoms with Crippen LogP contribution in [-0.4, -0.2) is 58.9 Å². The Labute approximate surface area is 228 Å². The van der Waals surface area contributed by atoms with Crippen LogP contribution in [0.2, 0.25) is 0 Å². The van der Waals surface area contributed by atoms with Crippen LogP contribution in [0, 0.1) is 0 Å². The predicted molar refractivity (Wildman–Crippen MR) is 132 cm³/mol. The van der Waals surface area contributed by atoms with E-state index in [0.717, 1.165) is 4.57 Å². The molecule has 6 atom stereocenters. The summed E-state index contributed by atoms with van der Waals surface area (Å²) in [7, 11) is -17.0. The lowest BCUT2D eigenvalue weighted by atomic mass is 10.1. The van der Waals surface area contributed by atoms with Gasteiger partial charge in [-0.05, 0) is 23.7 Å². The lowest BCUT2D eigenvalue weighted by Gasteiger charge is -2.21. The molecular formula is C17H22N7O14P3. The van der Waals surface area contributed by atoms with Gasteiger partial charge < -0.3 is 34.8 Å². The Morgan fingerprint density at radius 3 is 2.61 bits per heavy atom. The molecular weight excluding hydrogens is 619 g/mol. The number of pyridine rings is 1. The molecule has 1 fully saturated rings. The number of carbonyl (C=O) groups excluding carboxylic acids is 1. The topological polar surface area (TPSA) is 318 Å². The summed E-state index contributed by atoms with van der Waals surface area (Å²) in [5.74, 6) is -1.09. The standard InChI is InChI=1S/C17H22N7O14P3/c1-9(22-23-19)15-10(3-2-5-20-15)16(25)36-11-7-14(24-6-4-13(18)21-17(24)26)35-12(11)8-34-40(30,31)38-41(32,33)37-39(27,28)29/h2-6,9,11-12,14H,7-8H2,1H3,(H,30,31)(H,32,33)(H2,18,21,26)(H2,27,28,29)/t9?,11?,12-,14-/m1/s1. The molecule has 0 spiro atoms. The molecule has 0 saturated carbocycles. The third kappa shape index (κ3) is 9.24.